The smallest absolute Gasteiger partial charge is 0.255 e. The number of hydrogen-bond acceptors (Lipinski definition) is 5. The van der Waals surface area contributed by atoms with Crippen LogP contribution in [-0.4, -0.2) is 50.6 Å². The van der Waals surface area contributed by atoms with E-state index < -0.39 is 0 Å². The molecule has 3 aromatic heterocycles. The Morgan fingerprint density at radius 1 is 1.28 bits per heavy atom. The molecule has 152 valence electrons. The molecular weight excluding hydrogens is 386 g/mol. The SMILES string of the molecule is Cc1nc2c(cnn2C(C)C)cc1C(=O)N1CCC(NC(=O)c2ccsc2)CC1. The van der Waals surface area contributed by atoms with Crippen LogP contribution in [0.5, 0.6) is 0 Å². The van der Waals surface area contributed by atoms with Crippen molar-refractivity contribution < 1.29 is 9.59 Å². The van der Waals surface area contributed by atoms with E-state index in [-0.39, 0.29) is 23.9 Å². The van der Waals surface area contributed by atoms with Gasteiger partial charge in [0.1, 0.15) is 0 Å². The lowest BCUT2D eigenvalue weighted by molar-refractivity contribution is 0.0697. The molecule has 0 aliphatic carbocycles. The van der Waals surface area contributed by atoms with Gasteiger partial charge in [0.25, 0.3) is 11.8 Å². The summed E-state index contributed by atoms with van der Waals surface area (Å²) in [4.78, 5) is 31.8. The fourth-order valence-corrected chi connectivity index (χ4v) is 4.36. The van der Waals surface area contributed by atoms with Gasteiger partial charge in [-0.05, 0) is 51.1 Å². The number of aryl methyl sites for hydroxylation is 1. The minimum atomic E-state index is -0.0383. The van der Waals surface area contributed by atoms with E-state index in [0.717, 1.165) is 29.6 Å². The zero-order valence-electron chi connectivity index (χ0n) is 16.9. The zero-order valence-corrected chi connectivity index (χ0v) is 17.7. The highest BCUT2D eigenvalue weighted by atomic mass is 32.1. The van der Waals surface area contributed by atoms with Crippen molar-refractivity contribution in [1.29, 1.82) is 0 Å². The molecule has 0 spiro atoms. The first-order valence-electron chi connectivity index (χ1n) is 9.91. The van der Waals surface area contributed by atoms with E-state index >= 15 is 0 Å². The average Bonchev–Trinajstić information content (AvgIpc) is 3.37. The average molecular weight is 412 g/mol. The lowest BCUT2D eigenvalue weighted by atomic mass is 10.0. The Kier molecular flexibility index (Phi) is 5.36. The van der Waals surface area contributed by atoms with E-state index in [1.807, 2.05) is 39.4 Å². The predicted molar refractivity (Wildman–Crippen MR) is 113 cm³/mol. The summed E-state index contributed by atoms with van der Waals surface area (Å²) in [6, 6.07) is 4.03. The van der Waals surface area contributed by atoms with Crippen molar-refractivity contribution in [2.24, 2.45) is 0 Å². The van der Waals surface area contributed by atoms with Crippen molar-refractivity contribution in [3.63, 3.8) is 0 Å². The Labute approximate surface area is 173 Å². The van der Waals surface area contributed by atoms with Crippen LogP contribution in [0.3, 0.4) is 0 Å². The number of pyridine rings is 1. The highest BCUT2D eigenvalue weighted by Gasteiger charge is 2.26. The van der Waals surface area contributed by atoms with Gasteiger partial charge in [0, 0.05) is 41.5 Å². The molecular formula is C21H25N5O2S. The number of rotatable bonds is 4. The zero-order chi connectivity index (χ0) is 20.5. The Hall–Kier alpha value is -2.74. The number of nitrogens with zero attached hydrogens (tertiary/aromatic N) is 4. The van der Waals surface area contributed by atoms with E-state index in [9.17, 15) is 9.59 Å². The van der Waals surface area contributed by atoms with Gasteiger partial charge in [0.05, 0.1) is 17.5 Å². The molecule has 1 aliphatic heterocycles. The molecule has 8 heteroatoms. The molecule has 29 heavy (non-hydrogen) atoms. The Morgan fingerprint density at radius 3 is 2.69 bits per heavy atom. The number of thiophene rings is 1. The van der Waals surface area contributed by atoms with E-state index in [2.05, 4.69) is 29.2 Å². The fourth-order valence-electron chi connectivity index (χ4n) is 3.72. The van der Waals surface area contributed by atoms with Crippen molar-refractivity contribution in [2.75, 3.05) is 13.1 Å². The lowest BCUT2D eigenvalue weighted by Gasteiger charge is -2.32. The largest absolute Gasteiger partial charge is 0.349 e. The van der Waals surface area contributed by atoms with E-state index in [1.54, 1.807) is 6.20 Å². The van der Waals surface area contributed by atoms with Gasteiger partial charge in [-0.25, -0.2) is 9.67 Å². The van der Waals surface area contributed by atoms with E-state index in [1.165, 1.54) is 11.3 Å². The predicted octanol–water partition coefficient (Wildman–Crippen LogP) is 3.42. The molecule has 1 N–H and O–H groups in total. The topological polar surface area (TPSA) is 80.1 Å². The number of amides is 2. The molecule has 4 heterocycles. The van der Waals surface area contributed by atoms with Crippen LogP contribution >= 0.6 is 11.3 Å². The molecule has 0 bridgehead atoms. The Morgan fingerprint density at radius 2 is 2.03 bits per heavy atom. The first-order valence-corrected chi connectivity index (χ1v) is 10.9. The van der Waals surface area contributed by atoms with Gasteiger partial charge in [-0.15, -0.1) is 0 Å². The maximum Gasteiger partial charge on any atom is 0.255 e. The third-order valence-corrected chi connectivity index (χ3v) is 6.06. The summed E-state index contributed by atoms with van der Waals surface area (Å²) in [6.07, 6.45) is 3.27. The van der Waals surface area contributed by atoms with Crippen LogP contribution in [0.1, 0.15) is 59.1 Å². The van der Waals surface area contributed by atoms with Crippen LogP contribution in [0.15, 0.2) is 29.1 Å². The molecule has 0 atom stereocenters. The van der Waals surface area contributed by atoms with Crippen molar-refractivity contribution in [3.8, 4) is 0 Å². The number of carbonyl (C=O) groups excluding carboxylic acids is 2. The van der Waals surface area contributed by atoms with Crippen LogP contribution < -0.4 is 5.32 Å². The highest BCUT2D eigenvalue weighted by molar-refractivity contribution is 7.08. The van der Waals surface area contributed by atoms with Gasteiger partial charge in [0.2, 0.25) is 0 Å². The fraction of sp³-hybridized carbons (Fsp3) is 0.429. The number of aromatic nitrogens is 3. The van der Waals surface area contributed by atoms with Crippen LogP contribution in [-0.2, 0) is 0 Å². The molecule has 0 aromatic carbocycles. The summed E-state index contributed by atoms with van der Waals surface area (Å²) >= 11 is 1.51. The Balaban J connectivity index is 1.43. The van der Waals surface area contributed by atoms with Crippen molar-refractivity contribution in [1.82, 2.24) is 25.0 Å². The minimum Gasteiger partial charge on any atom is -0.349 e. The number of fused-ring (bicyclic) bond motifs is 1. The van der Waals surface area contributed by atoms with Crippen LogP contribution in [0.25, 0.3) is 11.0 Å². The maximum absolute atomic E-state index is 13.1. The van der Waals surface area contributed by atoms with Gasteiger partial charge in [0.15, 0.2) is 5.65 Å². The number of carbonyl (C=O) groups is 2. The maximum atomic E-state index is 13.1. The first-order chi connectivity index (χ1) is 13.9. The molecule has 0 saturated carbocycles. The second kappa shape index (κ2) is 7.94. The van der Waals surface area contributed by atoms with E-state index in [0.29, 0.717) is 24.2 Å². The Bertz CT molecular complexity index is 1030. The van der Waals surface area contributed by atoms with Crippen LogP contribution in [0, 0.1) is 6.92 Å². The summed E-state index contributed by atoms with van der Waals surface area (Å²) in [5.74, 6) is -0.0412. The summed E-state index contributed by atoms with van der Waals surface area (Å²) in [7, 11) is 0. The van der Waals surface area contributed by atoms with Gasteiger partial charge in [-0.2, -0.15) is 16.4 Å². The number of likely N-dealkylation sites (tertiary alicyclic amines) is 1. The molecule has 1 saturated heterocycles. The molecule has 1 fully saturated rings. The van der Waals surface area contributed by atoms with Gasteiger partial charge in [-0.3, -0.25) is 9.59 Å². The molecule has 1 aliphatic rings. The standard InChI is InChI=1S/C21H25N5O2S/c1-13(2)26-19-16(11-22-26)10-18(14(3)23-19)21(28)25-7-4-17(5-8-25)24-20(27)15-6-9-29-12-15/h6,9-13,17H,4-5,7-8H2,1-3H3,(H,24,27). The summed E-state index contributed by atoms with van der Waals surface area (Å²) in [5.41, 5.74) is 2.86. The summed E-state index contributed by atoms with van der Waals surface area (Å²) in [5, 5.41) is 12.1. The number of hydrogen-bond donors (Lipinski definition) is 1. The minimum absolute atomic E-state index is 0.00296. The van der Waals surface area contributed by atoms with E-state index in [4.69, 9.17) is 0 Å². The normalized spacial score (nSPS) is 15.2. The molecule has 7 nitrogen and oxygen atoms in total. The first kappa shape index (κ1) is 19.6. The number of nitrogens with one attached hydrogen (secondary N) is 1. The molecule has 0 radical (unpaired) electrons. The highest BCUT2D eigenvalue weighted by Crippen LogP contribution is 2.22. The van der Waals surface area contributed by atoms with Gasteiger partial charge in [-0.1, -0.05) is 0 Å². The van der Waals surface area contributed by atoms with Crippen LogP contribution in [0.2, 0.25) is 0 Å². The molecule has 2 amide bonds. The lowest BCUT2D eigenvalue weighted by Crippen LogP contribution is -2.46. The quantitative estimate of drug-likeness (QED) is 0.713. The third kappa shape index (κ3) is 3.89. The number of piperidine rings is 1. The molecule has 3 aromatic rings. The monoisotopic (exact) mass is 411 g/mol. The second-order valence-corrected chi connectivity index (χ2v) is 8.55. The summed E-state index contributed by atoms with van der Waals surface area (Å²) < 4.78 is 1.87. The van der Waals surface area contributed by atoms with Gasteiger partial charge >= 0.3 is 0 Å². The molecule has 0 unspecified atom stereocenters. The summed E-state index contributed by atoms with van der Waals surface area (Å²) in [6.45, 7) is 7.23. The van der Waals surface area contributed by atoms with Crippen molar-refractivity contribution >= 4 is 34.2 Å². The van der Waals surface area contributed by atoms with Crippen molar-refractivity contribution in [3.05, 3.63) is 45.9 Å². The van der Waals surface area contributed by atoms with Gasteiger partial charge < -0.3 is 10.2 Å². The van der Waals surface area contributed by atoms with Crippen molar-refractivity contribution in [2.45, 2.75) is 45.7 Å². The second-order valence-electron chi connectivity index (χ2n) is 7.77. The molecule has 4 rings (SSSR count). The third-order valence-electron chi connectivity index (χ3n) is 5.38. The van der Waals surface area contributed by atoms with Crippen LogP contribution in [0.4, 0.5) is 0 Å².